The molecule has 0 aliphatic heterocycles. The lowest BCUT2D eigenvalue weighted by atomic mass is 10.1. The van der Waals surface area contributed by atoms with Gasteiger partial charge in [-0.1, -0.05) is 12.1 Å². The number of halogens is 1. The van der Waals surface area contributed by atoms with E-state index in [0.29, 0.717) is 5.88 Å². The molecule has 88 valence electrons. The zero-order valence-corrected chi connectivity index (χ0v) is 10.7. The maximum Gasteiger partial charge on any atom is 0.226 e. The van der Waals surface area contributed by atoms with Crippen LogP contribution in [0.3, 0.4) is 0 Å². The summed E-state index contributed by atoms with van der Waals surface area (Å²) in [7, 11) is 0. The highest BCUT2D eigenvalue weighted by atomic mass is 35.5. The summed E-state index contributed by atoms with van der Waals surface area (Å²) in [6, 6.07) is 5.91. The molecule has 0 amide bonds. The fraction of sp³-hybridized carbons (Fsp3) is 0.231. The molecular weight excluding hydrogens is 236 g/mol. The minimum Gasteiger partial charge on any atom is -0.438 e. The van der Waals surface area contributed by atoms with Crippen LogP contribution in [-0.2, 0) is 0 Å². The minimum absolute atomic E-state index is 0.191. The third-order valence-corrected chi connectivity index (χ3v) is 2.84. The molecule has 17 heavy (non-hydrogen) atoms. The molecule has 1 aromatic carbocycles. The summed E-state index contributed by atoms with van der Waals surface area (Å²) in [6.07, 6.45) is 1.65. The molecule has 4 heteroatoms. The summed E-state index contributed by atoms with van der Waals surface area (Å²) < 4.78 is 5.77. The summed E-state index contributed by atoms with van der Waals surface area (Å²) >= 11 is 5.75. The van der Waals surface area contributed by atoms with Crippen molar-refractivity contribution in [3.63, 3.8) is 0 Å². The van der Waals surface area contributed by atoms with Gasteiger partial charge in [0, 0.05) is 11.8 Å². The Labute approximate surface area is 105 Å². The highest BCUT2D eigenvalue weighted by Gasteiger charge is 2.08. The van der Waals surface area contributed by atoms with E-state index in [1.165, 1.54) is 5.56 Å². The first kappa shape index (κ1) is 11.9. The number of hydrogen-bond acceptors (Lipinski definition) is 3. The van der Waals surface area contributed by atoms with Crippen LogP contribution in [0.4, 0.5) is 0 Å². The average Bonchev–Trinajstić information content (AvgIpc) is 2.30. The van der Waals surface area contributed by atoms with Crippen LogP contribution in [0.2, 0.25) is 5.28 Å². The molecule has 0 N–H and O–H groups in total. The van der Waals surface area contributed by atoms with Crippen LogP contribution in [0.1, 0.15) is 16.7 Å². The van der Waals surface area contributed by atoms with E-state index in [1.54, 1.807) is 6.20 Å². The first-order valence-corrected chi connectivity index (χ1v) is 5.69. The maximum atomic E-state index is 5.77. The van der Waals surface area contributed by atoms with Crippen molar-refractivity contribution >= 4 is 11.6 Å². The normalized spacial score (nSPS) is 10.4. The van der Waals surface area contributed by atoms with Gasteiger partial charge in [-0.05, 0) is 49.6 Å². The van der Waals surface area contributed by atoms with Crippen LogP contribution >= 0.6 is 11.6 Å². The fourth-order valence-electron chi connectivity index (χ4n) is 1.45. The molecule has 0 spiro atoms. The second kappa shape index (κ2) is 4.72. The van der Waals surface area contributed by atoms with Gasteiger partial charge in [-0.15, -0.1) is 0 Å². The van der Waals surface area contributed by atoms with E-state index in [2.05, 4.69) is 9.97 Å². The van der Waals surface area contributed by atoms with Gasteiger partial charge < -0.3 is 4.74 Å². The van der Waals surface area contributed by atoms with Crippen LogP contribution in [-0.4, -0.2) is 9.97 Å². The van der Waals surface area contributed by atoms with Gasteiger partial charge in [0.15, 0.2) is 0 Å². The average molecular weight is 249 g/mol. The molecule has 0 saturated heterocycles. The molecule has 0 fully saturated rings. The predicted octanol–water partition coefficient (Wildman–Crippen LogP) is 3.85. The van der Waals surface area contributed by atoms with E-state index < -0.39 is 0 Å². The largest absolute Gasteiger partial charge is 0.438 e. The molecule has 2 aromatic rings. The van der Waals surface area contributed by atoms with E-state index in [1.807, 2.05) is 39.0 Å². The van der Waals surface area contributed by atoms with Gasteiger partial charge in [-0.25, -0.2) is 4.98 Å². The molecule has 1 aromatic heterocycles. The Bertz CT molecular complexity index is 555. The maximum absolute atomic E-state index is 5.77. The molecule has 0 bridgehead atoms. The first-order valence-electron chi connectivity index (χ1n) is 5.31. The highest BCUT2D eigenvalue weighted by molar-refractivity contribution is 6.28. The summed E-state index contributed by atoms with van der Waals surface area (Å²) in [5, 5.41) is 0.191. The Hall–Kier alpha value is -1.61. The van der Waals surface area contributed by atoms with Crippen molar-refractivity contribution < 1.29 is 4.74 Å². The van der Waals surface area contributed by atoms with Crippen LogP contribution in [0.15, 0.2) is 24.4 Å². The number of aryl methyl sites for hydroxylation is 2. The third kappa shape index (κ3) is 2.56. The quantitative estimate of drug-likeness (QED) is 0.758. The van der Waals surface area contributed by atoms with Crippen molar-refractivity contribution in [2.75, 3.05) is 0 Å². The number of ether oxygens (including phenoxy) is 1. The topological polar surface area (TPSA) is 35.0 Å². The number of rotatable bonds is 2. The first-order chi connectivity index (χ1) is 8.08. The highest BCUT2D eigenvalue weighted by Crippen LogP contribution is 2.27. The van der Waals surface area contributed by atoms with Gasteiger partial charge in [0.05, 0.1) is 0 Å². The van der Waals surface area contributed by atoms with E-state index >= 15 is 0 Å². The number of nitrogens with zero attached hydrogens (tertiary/aromatic N) is 2. The molecule has 0 saturated carbocycles. The second-order valence-electron chi connectivity index (χ2n) is 3.93. The van der Waals surface area contributed by atoms with Crippen molar-refractivity contribution in [3.05, 3.63) is 46.4 Å². The molecule has 0 radical (unpaired) electrons. The van der Waals surface area contributed by atoms with E-state index in [4.69, 9.17) is 16.3 Å². The van der Waals surface area contributed by atoms with Crippen LogP contribution in [0, 0.1) is 20.8 Å². The van der Waals surface area contributed by atoms with E-state index in [-0.39, 0.29) is 5.28 Å². The Morgan fingerprint density at radius 1 is 1.12 bits per heavy atom. The zero-order valence-electron chi connectivity index (χ0n) is 9.99. The lowest BCUT2D eigenvalue weighted by Gasteiger charge is -2.11. The van der Waals surface area contributed by atoms with Crippen molar-refractivity contribution in [2.24, 2.45) is 0 Å². The molecule has 1 heterocycles. The minimum atomic E-state index is 0.191. The van der Waals surface area contributed by atoms with E-state index in [9.17, 15) is 0 Å². The molecule has 3 nitrogen and oxygen atoms in total. The van der Waals surface area contributed by atoms with Gasteiger partial charge in [0.25, 0.3) is 0 Å². The molecular formula is C13H13ClN2O. The summed E-state index contributed by atoms with van der Waals surface area (Å²) in [5.41, 5.74) is 3.14. The number of aromatic nitrogens is 2. The van der Waals surface area contributed by atoms with E-state index in [0.717, 1.165) is 16.9 Å². The Kier molecular flexibility index (Phi) is 3.29. The summed E-state index contributed by atoms with van der Waals surface area (Å²) in [4.78, 5) is 7.97. The molecule has 0 unspecified atom stereocenters. The molecule has 0 aliphatic rings. The Balaban J connectivity index is 2.38. The van der Waals surface area contributed by atoms with Crippen molar-refractivity contribution in [1.29, 1.82) is 0 Å². The fourth-order valence-corrected chi connectivity index (χ4v) is 1.57. The Morgan fingerprint density at radius 3 is 2.65 bits per heavy atom. The van der Waals surface area contributed by atoms with Gasteiger partial charge in [-0.3, -0.25) is 0 Å². The SMILES string of the molecule is Cc1cnc(Cl)nc1Oc1cccc(C)c1C. The molecule has 2 rings (SSSR count). The lowest BCUT2D eigenvalue weighted by Crippen LogP contribution is -1.95. The predicted molar refractivity (Wildman–Crippen MR) is 67.8 cm³/mol. The monoisotopic (exact) mass is 248 g/mol. The zero-order chi connectivity index (χ0) is 12.4. The number of benzene rings is 1. The van der Waals surface area contributed by atoms with Gasteiger partial charge in [0.2, 0.25) is 11.2 Å². The van der Waals surface area contributed by atoms with Crippen molar-refractivity contribution in [1.82, 2.24) is 9.97 Å². The third-order valence-electron chi connectivity index (χ3n) is 2.66. The van der Waals surface area contributed by atoms with Gasteiger partial charge >= 0.3 is 0 Å². The number of hydrogen-bond donors (Lipinski definition) is 0. The van der Waals surface area contributed by atoms with Crippen molar-refractivity contribution in [3.8, 4) is 11.6 Å². The van der Waals surface area contributed by atoms with Gasteiger partial charge in [0.1, 0.15) is 5.75 Å². The molecule has 0 aliphatic carbocycles. The smallest absolute Gasteiger partial charge is 0.226 e. The Morgan fingerprint density at radius 2 is 1.88 bits per heavy atom. The van der Waals surface area contributed by atoms with Crippen LogP contribution < -0.4 is 4.74 Å². The van der Waals surface area contributed by atoms with Crippen LogP contribution in [0.5, 0.6) is 11.6 Å². The standard InChI is InChI=1S/C13H13ClN2O/c1-8-5-4-6-11(10(8)3)17-12-9(2)7-15-13(14)16-12/h4-7H,1-3H3. The second-order valence-corrected chi connectivity index (χ2v) is 4.27. The van der Waals surface area contributed by atoms with Gasteiger partial charge in [-0.2, -0.15) is 4.98 Å². The lowest BCUT2D eigenvalue weighted by molar-refractivity contribution is 0.453. The summed E-state index contributed by atoms with van der Waals surface area (Å²) in [5.74, 6) is 1.29. The summed E-state index contributed by atoms with van der Waals surface area (Å²) in [6.45, 7) is 5.95. The van der Waals surface area contributed by atoms with Crippen molar-refractivity contribution in [2.45, 2.75) is 20.8 Å². The van der Waals surface area contributed by atoms with Crippen LogP contribution in [0.25, 0.3) is 0 Å². The molecule has 0 atom stereocenters.